The first-order chi connectivity index (χ1) is 13.2. The van der Waals surface area contributed by atoms with Crippen molar-refractivity contribution < 1.29 is 4.74 Å². The molecule has 154 valence electrons. The summed E-state index contributed by atoms with van der Waals surface area (Å²) in [5.74, 6) is 2.66. The van der Waals surface area contributed by atoms with Gasteiger partial charge in [-0.15, -0.1) is 24.0 Å². The molecule has 6 nitrogen and oxygen atoms in total. The molecule has 0 aliphatic rings. The summed E-state index contributed by atoms with van der Waals surface area (Å²) in [5.41, 5.74) is 2.22. The summed E-state index contributed by atoms with van der Waals surface area (Å²) < 4.78 is 5.67. The van der Waals surface area contributed by atoms with Gasteiger partial charge in [0.2, 0.25) is 0 Å². The predicted molar refractivity (Wildman–Crippen MR) is 128 cm³/mol. The van der Waals surface area contributed by atoms with E-state index >= 15 is 0 Å². The number of para-hydroxylation sites is 1. The van der Waals surface area contributed by atoms with Gasteiger partial charge in [0.15, 0.2) is 5.96 Å². The Labute approximate surface area is 185 Å². The molecule has 0 amide bonds. The largest absolute Gasteiger partial charge is 0.494 e. The van der Waals surface area contributed by atoms with E-state index in [9.17, 15) is 0 Å². The zero-order chi connectivity index (χ0) is 19.5. The summed E-state index contributed by atoms with van der Waals surface area (Å²) in [4.78, 5) is 11.1. The van der Waals surface area contributed by atoms with Crippen molar-refractivity contribution in [2.45, 2.75) is 33.9 Å². The Morgan fingerprint density at radius 1 is 1.04 bits per heavy atom. The van der Waals surface area contributed by atoms with Crippen LogP contribution in [0.25, 0.3) is 0 Å². The van der Waals surface area contributed by atoms with E-state index in [2.05, 4.69) is 57.6 Å². The molecule has 0 fully saturated rings. The number of rotatable bonds is 9. The van der Waals surface area contributed by atoms with E-state index in [4.69, 9.17) is 4.74 Å². The van der Waals surface area contributed by atoms with Gasteiger partial charge in [-0.05, 0) is 38.5 Å². The Morgan fingerprint density at radius 3 is 2.36 bits per heavy atom. The second-order valence-corrected chi connectivity index (χ2v) is 6.02. The first-order valence-corrected chi connectivity index (χ1v) is 9.56. The number of hydrogen-bond acceptors (Lipinski definition) is 4. The molecule has 2 N–H and O–H groups in total. The van der Waals surface area contributed by atoms with E-state index in [0.717, 1.165) is 41.7 Å². The molecule has 2 aromatic rings. The van der Waals surface area contributed by atoms with Crippen molar-refractivity contribution in [1.29, 1.82) is 0 Å². The number of hydrogen-bond donors (Lipinski definition) is 2. The van der Waals surface area contributed by atoms with Crippen molar-refractivity contribution in [2.24, 2.45) is 4.99 Å². The first-order valence-electron chi connectivity index (χ1n) is 9.56. The van der Waals surface area contributed by atoms with E-state index in [1.165, 1.54) is 0 Å². The Bertz CT molecular complexity index is 717. The molecule has 0 spiro atoms. The molecular weight excluding hydrogens is 465 g/mol. The zero-order valence-electron chi connectivity index (χ0n) is 17.2. The fourth-order valence-corrected chi connectivity index (χ4v) is 2.79. The van der Waals surface area contributed by atoms with Crippen molar-refractivity contribution in [3.05, 3.63) is 53.7 Å². The normalized spacial score (nSPS) is 10.8. The second-order valence-electron chi connectivity index (χ2n) is 6.02. The average Bonchev–Trinajstić information content (AvgIpc) is 2.71. The molecule has 1 aromatic carbocycles. The minimum Gasteiger partial charge on any atom is -0.494 e. The van der Waals surface area contributed by atoms with Gasteiger partial charge in [-0.1, -0.05) is 24.3 Å². The lowest BCUT2D eigenvalue weighted by molar-refractivity contribution is 0.336. The summed E-state index contributed by atoms with van der Waals surface area (Å²) in [6.45, 7) is 10.2. The van der Waals surface area contributed by atoms with Crippen molar-refractivity contribution >= 4 is 35.8 Å². The van der Waals surface area contributed by atoms with E-state index in [0.29, 0.717) is 19.7 Å². The number of guanidine groups is 1. The maximum absolute atomic E-state index is 5.67. The van der Waals surface area contributed by atoms with Gasteiger partial charge < -0.3 is 20.3 Å². The number of benzene rings is 1. The Balaban J connectivity index is 0.00000392. The van der Waals surface area contributed by atoms with Crippen molar-refractivity contribution in [1.82, 2.24) is 15.6 Å². The summed E-state index contributed by atoms with van der Waals surface area (Å²) in [5, 5.41) is 6.66. The minimum absolute atomic E-state index is 0. The number of halogens is 1. The Hall–Kier alpha value is -2.03. The molecule has 0 aliphatic heterocycles. The maximum Gasteiger partial charge on any atom is 0.191 e. The summed E-state index contributed by atoms with van der Waals surface area (Å²) in [7, 11) is 1.77. The van der Waals surface area contributed by atoms with Crippen LogP contribution in [0.5, 0.6) is 5.75 Å². The van der Waals surface area contributed by atoms with Crippen LogP contribution in [0.1, 0.15) is 31.9 Å². The quantitative estimate of drug-likeness (QED) is 0.314. The van der Waals surface area contributed by atoms with E-state index in [1.807, 2.05) is 31.3 Å². The average molecular weight is 497 g/mol. The van der Waals surface area contributed by atoms with Gasteiger partial charge >= 0.3 is 0 Å². The number of nitrogens with one attached hydrogen (secondary N) is 2. The third-order valence-electron chi connectivity index (χ3n) is 4.30. The first kappa shape index (κ1) is 24.0. The smallest absolute Gasteiger partial charge is 0.191 e. The number of aliphatic imine (C=N–C) groups is 1. The van der Waals surface area contributed by atoms with E-state index < -0.39 is 0 Å². The van der Waals surface area contributed by atoms with Gasteiger partial charge in [0.05, 0.1) is 6.61 Å². The molecule has 7 heteroatoms. The fraction of sp³-hybridized carbons (Fsp3) is 0.429. The third kappa shape index (κ3) is 7.18. The molecule has 1 aromatic heterocycles. The number of aromatic nitrogens is 1. The highest BCUT2D eigenvalue weighted by molar-refractivity contribution is 14.0. The Morgan fingerprint density at radius 2 is 1.75 bits per heavy atom. The van der Waals surface area contributed by atoms with Gasteiger partial charge in [0, 0.05) is 45.0 Å². The van der Waals surface area contributed by atoms with Gasteiger partial charge in [0.25, 0.3) is 0 Å². The molecule has 0 saturated carbocycles. The molecule has 0 saturated heterocycles. The van der Waals surface area contributed by atoms with Crippen LogP contribution in [0, 0.1) is 0 Å². The van der Waals surface area contributed by atoms with Crippen LogP contribution in [-0.4, -0.2) is 37.7 Å². The van der Waals surface area contributed by atoms with Crippen molar-refractivity contribution in [2.75, 3.05) is 31.6 Å². The van der Waals surface area contributed by atoms with E-state index in [-0.39, 0.29) is 24.0 Å². The Kier molecular flexibility index (Phi) is 11.3. The number of nitrogens with zero attached hydrogens (tertiary/aromatic N) is 3. The summed E-state index contributed by atoms with van der Waals surface area (Å²) in [6, 6.07) is 12.2. The molecule has 0 atom stereocenters. The monoisotopic (exact) mass is 497 g/mol. The van der Waals surface area contributed by atoms with E-state index in [1.54, 1.807) is 7.05 Å². The lowest BCUT2D eigenvalue weighted by atomic mass is 10.2. The summed E-state index contributed by atoms with van der Waals surface area (Å²) >= 11 is 0. The van der Waals surface area contributed by atoms with Crippen molar-refractivity contribution in [3.8, 4) is 5.75 Å². The number of pyridine rings is 1. The third-order valence-corrected chi connectivity index (χ3v) is 4.30. The highest BCUT2D eigenvalue weighted by atomic mass is 127. The lowest BCUT2D eigenvalue weighted by Gasteiger charge is -2.19. The molecule has 0 aliphatic carbocycles. The standard InChI is InChI=1S/C21H31N5O.HI/c1-5-26(6-2)20-13-12-17(14-23-20)15-24-21(22-4)25-16-18-10-8-9-11-19(18)27-7-3;/h8-14H,5-7,15-16H2,1-4H3,(H2,22,24,25);1H. The summed E-state index contributed by atoms with van der Waals surface area (Å²) in [6.07, 6.45) is 1.92. The number of anilines is 1. The number of ether oxygens (including phenoxy) is 1. The molecule has 0 unspecified atom stereocenters. The highest BCUT2D eigenvalue weighted by Crippen LogP contribution is 2.17. The van der Waals surface area contributed by atoms with Crippen molar-refractivity contribution in [3.63, 3.8) is 0 Å². The topological polar surface area (TPSA) is 61.8 Å². The van der Waals surface area contributed by atoms with Crippen LogP contribution in [0.15, 0.2) is 47.6 Å². The molecule has 2 rings (SSSR count). The molecule has 0 bridgehead atoms. The fourth-order valence-electron chi connectivity index (χ4n) is 2.79. The maximum atomic E-state index is 5.67. The lowest BCUT2D eigenvalue weighted by Crippen LogP contribution is -2.36. The molecular formula is C21H32IN5O. The molecule has 0 radical (unpaired) electrons. The van der Waals surface area contributed by atoms with Gasteiger partial charge in [-0.2, -0.15) is 0 Å². The molecule has 1 heterocycles. The van der Waals surface area contributed by atoms with Crippen LogP contribution >= 0.6 is 24.0 Å². The second kappa shape index (κ2) is 13.2. The van der Waals surface area contributed by atoms with Crippen LogP contribution in [-0.2, 0) is 13.1 Å². The van der Waals surface area contributed by atoms with Crippen LogP contribution in [0.2, 0.25) is 0 Å². The SMILES string of the molecule is CCOc1ccccc1CNC(=NC)NCc1ccc(N(CC)CC)nc1.I. The van der Waals surface area contributed by atoms with Crippen LogP contribution in [0.3, 0.4) is 0 Å². The van der Waals surface area contributed by atoms with Crippen LogP contribution in [0.4, 0.5) is 5.82 Å². The minimum atomic E-state index is 0. The molecule has 28 heavy (non-hydrogen) atoms. The predicted octanol–water partition coefficient (Wildman–Crippen LogP) is 3.81. The zero-order valence-corrected chi connectivity index (χ0v) is 19.6. The van der Waals surface area contributed by atoms with Gasteiger partial charge in [-0.3, -0.25) is 4.99 Å². The van der Waals surface area contributed by atoms with Crippen LogP contribution < -0.4 is 20.3 Å². The van der Waals surface area contributed by atoms with Gasteiger partial charge in [-0.25, -0.2) is 4.98 Å². The highest BCUT2D eigenvalue weighted by Gasteiger charge is 2.06. The van der Waals surface area contributed by atoms with Gasteiger partial charge in [0.1, 0.15) is 11.6 Å².